The minimum Gasteiger partial charge on any atom is -0.335 e. The van der Waals surface area contributed by atoms with Crippen molar-refractivity contribution in [3.8, 4) is 0 Å². The molecule has 4 nitrogen and oxygen atoms in total. The summed E-state index contributed by atoms with van der Waals surface area (Å²) in [5.41, 5.74) is 6.86. The zero-order chi connectivity index (χ0) is 12.8. The van der Waals surface area contributed by atoms with Crippen LogP contribution < -0.4 is 5.73 Å². The third-order valence-corrected chi connectivity index (χ3v) is 2.59. The van der Waals surface area contributed by atoms with Crippen molar-refractivity contribution in [1.29, 1.82) is 0 Å². The van der Waals surface area contributed by atoms with Crippen LogP contribution in [0.4, 0.5) is 0 Å². The van der Waals surface area contributed by atoms with E-state index in [-0.39, 0.29) is 11.9 Å². The summed E-state index contributed by atoms with van der Waals surface area (Å²) in [5, 5.41) is 0. The minimum atomic E-state index is -0.0165. The normalized spacial score (nSPS) is 10.6. The molecule has 1 rings (SSSR count). The van der Waals surface area contributed by atoms with Gasteiger partial charge >= 0.3 is 0 Å². The standard InChI is InChI=1S/C13H21N3O/c1-10(2)16(9-5-8-14)13(17)12-7-4-6-11(3)15-12/h4,6-7,10H,5,8-9,14H2,1-3H3. The summed E-state index contributed by atoms with van der Waals surface area (Å²) in [5.74, 6) is -0.0165. The molecule has 17 heavy (non-hydrogen) atoms. The first-order chi connectivity index (χ1) is 8.06. The monoisotopic (exact) mass is 235 g/mol. The third-order valence-electron chi connectivity index (χ3n) is 2.59. The van der Waals surface area contributed by atoms with Crippen molar-refractivity contribution in [1.82, 2.24) is 9.88 Å². The largest absolute Gasteiger partial charge is 0.335 e. The second-order valence-electron chi connectivity index (χ2n) is 4.40. The highest BCUT2D eigenvalue weighted by Crippen LogP contribution is 2.08. The van der Waals surface area contributed by atoms with Crippen molar-refractivity contribution in [3.63, 3.8) is 0 Å². The predicted octanol–water partition coefficient (Wildman–Crippen LogP) is 1.59. The zero-order valence-electron chi connectivity index (χ0n) is 10.8. The first kappa shape index (κ1) is 13.6. The van der Waals surface area contributed by atoms with Crippen molar-refractivity contribution < 1.29 is 4.79 Å². The van der Waals surface area contributed by atoms with Crippen LogP contribution in [0, 0.1) is 6.92 Å². The maximum Gasteiger partial charge on any atom is 0.272 e. The molecule has 0 spiro atoms. The lowest BCUT2D eigenvalue weighted by Gasteiger charge is -2.26. The number of aryl methyl sites for hydroxylation is 1. The number of carbonyl (C=O) groups is 1. The lowest BCUT2D eigenvalue weighted by atomic mass is 10.2. The highest BCUT2D eigenvalue weighted by atomic mass is 16.2. The van der Waals surface area contributed by atoms with Gasteiger partial charge in [-0.25, -0.2) is 4.98 Å². The number of hydrogen-bond acceptors (Lipinski definition) is 3. The highest BCUT2D eigenvalue weighted by molar-refractivity contribution is 5.92. The summed E-state index contributed by atoms with van der Waals surface area (Å²) >= 11 is 0. The summed E-state index contributed by atoms with van der Waals surface area (Å²) in [7, 11) is 0. The third kappa shape index (κ3) is 3.82. The maximum absolute atomic E-state index is 12.3. The number of carbonyl (C=O) groups excluding carboxylic acids is 1. The van der Waals surface area contributed by atoms with Gasteiger partial charge in [0.1, 0.15) is 5.69 Å². The van der Waals surface area contributed by atoms with Crippen molar-refractivity contribution in [3.05, 3.63) is 29.6 Å². The molecule has 0 atom stereocenters. The van der Waals surface area contributed by atoms with E-state index in [2.05, 4.69) is 4.98 Å². The van der Waals surface area contributed by atoms with E-state index in [0.717, 1.165) is 12.1 Å². The fourth-order valence-electron chi connectivity index (χ4n) is 1.67. The minimum absolute atomic E-state index is 0.0165. The lowest BCUT2D eigenvalue weighted by molar-refractivity contribution is 0.0698. The summed E-state index contributed by atoms with van der Waals surface area (Å²) < 4.78 is 0. The SMILES string of the molecule is Cc1cccc(C(=O)N(CCCN)C(C)C)n1. The molecular formula is C13H21N3O. The average molecular weight is 235 g/mol. The Labute approximate surface area is 103 Å². The van der Waals surface area contributed by atoms with Crippen molar-refractivity contribution in [2.45, 2.75) is 33.2 Å². The van der Waals surface area contributed by atoms with Crippen molar-refractivity contribution >= 4 is 5.91 Å². The topological polar surface area (TPSA) is 59.2 Å². The summed E-state index contributed by atoms with van der Waals surface area (Å²) in [6.07, 6.45) is 0.815. The van der Waals surface area contributed by atoms with Gasteiger partial charge < -0.3 is 10.6 Å². The zero-order valence-corrected chi connectivity index (χ0v) is 10.8. The molecule has 1 aromatic heterocycles. The van der Waals surface area contributed by atoms with Gasteiger partial charge in [-0.1, -0.05) is 6.07 Å². The number of pyridine rings is 1. The van der Waals surface area contributed by atoms with Gasteiger partial charge in [-0.15, -0.1) is 0 Å². The Kier molecular flexibility index (Phi) is 5.10. The van der Waals surface area contributed by atoms with Gasteiger partial charge in [0.25, 0.3) is 5.91 Å². The second kappa shape index (κ2) is 6.35. The molecule has 1 aromatic rings. The van der Waals surface area contributed by atoms with E-state index in [1.165, 1.54) is 0 Å². The van der Waals surface area contributed by atoms with Crippen LogP contribution in [0.1, 0.15) is 36.5 Å². The fourth-order valence-corrected chi connectivity index (χ4v) is 1.67. The highest BCUT2D eigenvalue weighted by Gasteiger charge is 2.19. The number of aromatic nitrogens is 1. The van der Waals surface area contributed by atoms with E-state index < -0.39 is 0 Å². The summed E-state index contributed by atoms with van der Waals surface area (Å²) in [4.78, 5) is 18.3. The van der Waals surface area contributed by atoms with E-state index >= 15 is 0 Å². The lowest BCUT2D eigenvalue weighted by Crippen LogP contribution is -2.38. The molecule has 0 aliphatic rings. The van der Waals surface area contributed by atoms with Gasteiger partial charge in [-0.3, -0.25) is 4.79 Å². The van der Waals surface area contributed by atoms with Crippen molar-refractivity contribution in [2.24, 2.45) is 5.73 Å². The first-order valence-electron chi connectivity index (χ1n) is 6.01. The van der Waals surface area contributed by atoms with Crippen LogP contribution >= 0.6 is 0 Å². The molecular weight excluding hydrogens is 214 g/mol. The van der Waals surface area contributed by atoms with E-state index in [1.54, 1.807) is 6.07 Å². The molecule has 0 radical (unpaired) electrons. The molecule has 1 amide bonds. The van der Waals surface area contributed by atoms with Crippen LogP contribution in [0.3, 0.4) is 0 Å². The van der Waals surface area contributed by atoms with Gasteiger partial charge in [0.15, 0.2) is 0 Å². The predicted molar refractivity (Wildman–Crippen MR) is 68.8 cm³/mol. The number of rotatable bonds is 5. The molecule has 0 fully saturated rings. The smallest absolute Gasteiger partial charge is 0.272 e. The van der Waals surface area contributed by atoms with Crippen LogP contribution in [0.5, 0.6) is 0 Å². The molecule has 0 bridgehead atoms. The summed E-state index contributed by atoms with van der Waals surface area (Å²) in [6, 6.07) is 5.66. The molecule has 0 aliphatic carbocycles. The fraction of sp³-hybridized carbons (Fsp3) is 0.538. The van der Waals surface area contributed by atoms with E-state index in [0.29, 0.717) is 18.8 Å². The van der Waals surface area contributed by atoms with E-state index in [9.17, 15) is 4.79 Å². The molecule has 0 saturated carbocycles. The molecule has 0 unspecified atom stereocenters. The number of nitrogens with two attached hydrogens (primary N) is 1. The summed E-state index contributed by atoms with van der Waals surface area (Å²) in [6.45, 7) is 7.17. The Hall–Kier alpha value is -1.42. The Bertz CT molecular complexity index is 377. The Morgan fingerprint density at radius 3 is 2.71 bits per heavy atom. The number of nitrogens with zero attached hydrogens (tertiary/aromatic N) is 2. The van der Waals surface area contributed by atoms with Crippen LogP contribution in [-0.4, -0.2) is 34.9 Å². The van der Waals surface area contributed by atoms with Gasteiger partial charge in [0, 0.05) is 18.3 Å². The second-order valence-corrected chi connectivity index (χ2v) is 4.40. The molecule has 4 heteroatoms. The molecule has 0 aromatic carbocycles. The number of amides is 1. The average Bonchev–Trinajstić information content (AvgIpc) is 2.29. The van der Waals surface area contributed by atoms with Crippen LogP contribution in [0.2, 0.25) is 0 Å². The molecule has 94 valence electrons. The molecule has 1 heterocycles. The van der Waals surface area contributed by atoms with Gasteiger partial charge in [-0.05, 0) is 45.9 Å². The Morgan fingerprint density at radius 1 is 1.47 bits per heavy atom. The van der Waals surface area contributed by atoms with Gasteiger partial charge in [-0.2, -0.15) is 0 Å². The Morgan fingerprint density at radius 2 is 2.18 bits per heavy atom. The van der Waals surface area contributed by atoms with Crippen LogP contribution in [0.15, 0.2) is 18.2 Å². The van der Waals surface area contributed by atoms with Gasteiger partial charge in [0.2, 0.25) is 0 Å². The molecule has 0 saturated heterocycles. The quantitative estimate of drug-likeness (QED) is 0.843. The van der Waals surface area contributed by atoms with E-state index in [1.807, 2.05) is 37.8 Å². The maximum atomic E-state index is 12.3. The van der Waals surface area contributed by atoms with Gasteiger partial charge in [0.05, 0.1) is 0 Å². The van der Waals surface area contributed by atoms with Crippen LogP contribution in [-0.2, 0) is 0 Å². The van der Waals surface area contributed by atoms with Crippen molar-refractivity contribution in [2.75, 3.05) is 13.1 Å². The molecule has 0 aliphatic heterocycles. The number of hydrogen-bond donors (Lipinski definition) is 1. The van der Waals surface area contributed by atoms with Crippen LogP contribution in [0.25, 0.3) is 0 Å². The first-order valence-corrected chi connectivity index (χ1v) is 6.01. The Balaban J connectivity index is 2.84. The molecule has 2 N–H and O–H groups in total. The van der Waals surface area contributed by atoms with E-state index in [4.69, 9.17) is 5.73 Å².